The lowest BCUT2D eigenvalue weighted by atomic mass is 10.1. The number of anilines is 3. The van der Waals surface area contributed by atoms with Gasteiger partial charge >= 0.3 is 0 Å². The van der Waals surface area contributed by atoms with E-state index in [-0.39, 0.29) is 11.7 Å². The fraction of sp³-hybridized carbons (Fsp3) is 0.188. The summed E-state index contributed by atoms with van der Waals surface area (Å²) < 4.78 is 13.3. The molecule has 0 atom stereocenters. The average molecular weight is 285 g/mol. The lowest BCUT2D eigenvalue weighted by Gasteiger charge is -2.20. The number of nitrogens with one attached hydrogen (secondary N) is 3. The summed E-state index contributed by atoms with van der Waals surface area (Å²) in [7, 11) is 0. The maximum atomic E-state index is 13.3. The molecule has 0 saturated carbocycles. The molecule has 108 valence electrons. The van der Waals surface area contributed by atoms with Crippen LogP contribution >= 0.6 is 0 Å². The molecular weight excluding hydrogens is 269 g/mol. The molecule has 0 spiro atoms. The predicted molar refractivity (Wildman–Crippen MR) is 82.5 cm³/mol. The van der Waals surface area contributed by atoms with Crippen molar-refractivity contribution >= 4 is 23.0 Å². The molecule has 3 rings (SSSR count). The first-order valence-corrected chi connectivity index (χ1v) is 6.83. The van der Waals surface area contributed by atoms with Gasteiger partial charge in [-0.15, -0.1) is 0 Å². The molecule has 3 N–H and O–H groups in total. The van der Waals surface area contributed by atoms with Gasteiger partial charge in [0.05, 0.1) is 11.4 Å². The Morgan fingerprint density at radius 2 is 1.86 bits per heavy atom. The topological polar surface area (TPSA) is 53.2 Å². The van der Waals surface area contributed by atoms with Gasteiger partial charge in [0, 0.05) is 24.3 Å². The van der Waals surface area contributed by atoms with Gasteiger partial charge in [-0.3, -0.25) is 4.79 Å². The number of carbonyl (C=O) groups is 1. The molecule has 1 heterocycles. The highest BCUT2D eigenvalue weighted by atomic mass is 19.1. The predicted octanol–water partition coefficient (Wildman–Crippen LogP) is 3.22. The maximum absolute atomic E-state index is 13.3. The molecule has 0 saturated heterocycles. The van der Waals surface area contributed by atoms with Crippen LogP contribution in [0.15, 0.2) is 36.4 Å². The van der Waals surface area contributed by atoms with Gasteiger partial charge in [-0.05, 0) is 42.8 Å². The van der Waals surface area contributed by atoms with Crippen LogP contribution in [0.3, 0.4) is 0 Å². The van der Waals surface area contributed by atoms with E-state index in [4.69, 9.17) is 0 Å². The summed E-state index contributed by atoms with van der Waals surface area (Å²) in [5.74, 6) is -0.619. The summed E-state index contributed by atoms with van der Waals surface area (Å²) >= 11 is 0. The molecule has 5 heteroatoms. The highest BCUT2D eigenvalue weighted by Gasteiger charge is 2.13. The summed E-state index contributed by atoms with van der Waals surface area (Å²) in [6.45, 7) is 3.51. The Hall–Kier alpha value is -2.56. The largest absolute Gasteiger partial charge is 0.382 e. The van der Waals surface area contributed by atoms with Crippen LogP contribution in [0.4, 0.5) is 21.5 Å². The quantitative estimate of drug-likeness (QED) is 0.794. The lowest BCUT2D eigenvalue weighted by molar-refractivity contribution is 0.102. The number of halogens is 1. The van der Waals surface area contributed by atoms with Gasteiger partial charge < -0.3 is 16.0 Å². The van der Waals surface area contributed by atoms with Crippen LogP contribution in [0.2, 0.25) is 0 Å². The van der Waals surface area contributed by atoms with Crippen LogP contribution in [0, 0.1) is 12.7 Å². The van der Waals surface area contributed by atoms with E-state index in [1.807, 2.05) is 13.0 Å². The van der Waals surface area contributed by atoms with Crippen molar-refractivity contribution in [1.29, 1.82) is 0 Å². The fourth-order valence-corrected chi connectivity index (χ4v) is 2.30. The molecule has 1 amide bonds. The minimum Gasteiger partial charge on any atom is -0.382 e. The van der Waals surface area contributed by atoms with Crippen LogP contribution in [0.25, 0.3) is 0 Å². The van der Waals surface area contributed by atoms with Gasteiger partial charge in [-0.1, -0.05) is 6.07 Å². The number of rotatable bonds is 2. The van der Waals surface area contributed by atoms with Gasteiger partial charge in [-0.25, -0.2) is 4.39 Å². The molecule has 4 nitrogen and oxygen atoms in total. The zero-order valence-corrected chi connectivity index (χ0v) is 11.7. The smallest absolute Gasteiger partial charge is 0.255 e. The summed E-state index contributed by atoms with van der Waals surface area (Å²) in [6, 6.07) is 9.76. The lowest BCUT2D eigenvalue weighted by Crippen LogP contribution is -2.21. The molecule has 21 heavy (non-hydrogen) atoms. The first kappa shape index (κ1) is 13.4. The number of amides is 1. The monoisotopic (exact) mass is 285 g/mol. The van der Waals surface area contributed by atoms with E-state index in [0.717, 1.165) is 30.0 Å². The molecule has 0 aliphatic carbocycles. The first-order chi connectivity index (χ1) is 10.1. The van der Waals surface area contributed by atoms with Crippen LogP contribution < -0.4 is 16.0 Å². The second kappa shape index (κ2) is 5.44. The van der Waals surface area contributed by atoms with Crippen molar-refractivity contribution in [1.82, 2.24) is 0 Å². The Morgan fingerprint density at radius 3 is 2.67 bits per heavy atom. The highest BCUT2D eigenvalue weighted by Crippen LogP contribution is 2.26. The van der Waals surface area contributed by atoms with Crippen LogP contribution in [-0.4, -0.2) is 19.0 Å². The fourth-order valence-electron chi connectivity index (χ4n) is 2.30. The first-order valence-electron chi connectivity index (χ1n) is 6.83. The Bertz CT molecular complexity index is 700. The number of fused-ring (bicyclic) bond motifs is 1. The van der Waals surface area contributed by atoms with Gasteiger partial charge in [0.15, 0.2) is 0 Å². The summed E-state index contributed by atoms with van der Waals surface area (Å²) in [5, 5.41) is 9.24. The van der Waals surface area contributed by atoms with E-state index in [1.54, 1.807) is 18.2 Å². The van der Waals surface area contributed by atoms with Crippen LogP contribution in [0.5, 0.6) is 0 Å². The summed E-state index contributed by atoms with van der Waals surface area (Å²) in [6.07, 6.45) is 0. The maximum Gasteiger partial charge on any atom is 0.255 e. The minimum atomic E-state index is -0.368. The molecule has 1 aliphatic rings. The Labute approximate surface area is 122 Å². The van der Waals surface area contributed by atoms with Gasteiger partial charge in [0.1, 0.15) is 5.82 Å². The van der Waals surface area contributed by atoms with Crippen molar-refractivity contribution in [2.45, 2.75) is 6.92 Å². The normalized spacial score (nSPS) is 12.9. The third kappa shape index (κ3) is 2.81. The third-order valence-corrected chi connectivity index (χ3v) is 3.49. The van der Waals surface area contributed by atoms with E-state index >= 15 is 0 Å². The van der Waals surface area contributed by atoms with Gasteiger partial charge in [0.2, 0.25) is 0 Å². The van der Waals surface area contributed by atoms with Crippen molar-refractivity contribution < 1.29 is 9.18 Å². The number of carbonyl (C=O) groups excluding carboxylic acids is 1. The second-order valence-electron chi connectivity index (χ2n) is 5.03. The summed E-state index contributed by atoms with van der Waals surface area (Å²) in [4.78, 5) is 12.3. The standard InChI is InChI=1S/C16H16FN3O/c1-10-2-4-12(17)9-14(10)20-16(21)11-3-5-13-15(8-11)19-7-6-18-13/h2-5,8-9,18-19H,6-7H2,1H3,(H,20,21). The number of hydrogen-bond donors (Lipinski definition) is 3. The average Bonchev–Trinajstić information content (AvgIpc) is 2.50. The summed E-state index contributed by atoms with van der Waals surface area (Å²) in [5.41, 5.74) is 3.74. The third-order valence-electron chi connectivity index (χ3n) is 3.49. The van der Waals surface area contributed by atoms with Gasteiger partial charge in [-0.2, -0.15) is 0 Å². The molecule has 0 unspecified atom stereocenters. The van der Waals surface area contributed by atoms with Crippen molar-refractivity contribution in [3.05, 3.63) is 53.3 Å². The second-order valence-corrected chi connectivity index (χ2v) is 5.03. The van der Waals surface area contributed by atoms with E-state index in [1.165, 1.54) is 12.1 Å². The van der Waals surface area contributed by atoms with E-state index in [2.05, 4.69) is 16.0 Å². The van der Waals surface area contributed by atoms with Crippen molar-refractivity contribution in [2.75, 3.05) is 29.0 Å². The Balaban J connectivity index is 1.83. The molecule has 1 aliphatic heterocycles. The molecule has 2 aromatic rings. The molecule has 0 bridgehead atoms. The Morgan fingerprint density at radius 1 is 1.10 bits per heavy atom. The van der Waals surface area contributed by atoms with Crippen LogP contribution in [-0.2, 0) is 0 Å². The number of hydrogen-bond acceptors (Lipinski definition) is 3. The zero-order valence-electron chi connectivity index (χ0n) is 11.7. The zero-order chi connectivity index (χ0) is 14.8. The molecule has 0 radical (unpaired) electrons. The molecular formula is C16H16FN3O. The van der Waals surface area contributed by atoms with Crippen molar-refractivity contribution in [3.63, 3.8) is 0 Å². The van der Waals surface area contributed by atoms with E-state index < -0.39 is 0 Å². The van der Waals surface area contributed by atoms with Gasteiger partial charge in [0.25, 0.3) is 5.91 Å². The molecule has 0 fully saturated rings. The van der Waals surface area contributed by atoms with Crippen LogP contribution in [0.1, 0.15) is 15.9 Å². The molecule has 2 aromatic carbocycles. The Kier molecular flexibility index (Phi) is 3.48. The highest BCUT2D eigenvalue weighted by molar-refractivity contribution is 6.05. The number of aryl methyl sites for hydroxylation is 1. The van der Waals surface area contributed by atoms with Crippen molar-refractivity contribution in [3.8, 4) is 0 Å². The van der Waals surface area contributed by atoms with E-state index in [9.17, 15) is 9.18 Å². The number of benzene rings is 2. The SMILES string of the molecule is Cc1ccc(F)cc1NC(=O)c1ccc2c(c1)NCCN2. The van der Waals surface area contributed by atoms with Crippen molar-refractivity contribution in [2.24, 2.45) is 0 Å². The minimum absolute atomic E-state index is 0.251. The molecule has 0 aromatic heterocycles. The van der Waals surface area contributed by atoms with E-state index in [0.29, 0.717) is 11.3 Å².